The molecule has 2 nitrogen and oxygen atoms in total. The van der Waals surface area contributed by atoms with E-state index in [1.807, 2.05) is 20.8 Å². The van der Waals surface area contributed by atoms with Gasteiger partial charge in [-0.15, -0.1) is 11.3 Å². The molecule has 1 N–H and O–H groups in total. The monoisotopic (exact) mass is 280 g/mol. The number of nitrogens with zero attached hydrogens (tertiary/aromatic N) is 1. The summed E-state index contributed by atoms with van der Waals surface area (Å²) in [5.41, 5.74) is 0.926. The summed E-state index contributed by atoms with van der Waals surface area (Å²) >= 11 is 1.57. The number of thiazole rings is 1. The van der Waals surface area contributed by atoms with Gasteiger partial charge >= 0.3 is 6.18 Å². The van der Waals surface area contributed by atoms with Crippen LogP contribution in [0.25, 0.3) is 0 Å². The second kappa shape index (κ2) is 6.52. The van der Waals surface area contributed by atoms with Crippen LogP contribution in [0.3, 0.4) is 0 Å². The molecule has 0 fully saturated rings. The van der Waals surface area contributed by atoms with Crippen LogP contribution in [0.1, 0.15) is 47.8 Å². The fourth-order valence-electron chi connectivity index (χ4n) is 1.95. The molecule has 1 aromatic heterocycles. The predicted octanol–water partition coefficient (Wildman–Crippen LogP) is 4.14. The molecule has 0 spiro atoms. The summed E-state index contributed by atoms with van der Waals surface area (Å²) in [4.78, 5) is 5.39. The van der Waals surface area contributed by atoms with Crippen molar-refractivity contribution in [3.63, 3.8) is 0 Å². The number of nitrogens with one attached hydrogen (secondary N) is 1. The highest BCUT2D eigenvalue weighted by Gasteiger charge is 2.27. The first-order valence-corrected chi connectivity index (χ1v) is 6.89. The topological polar surface area (TPSA) is 24.9 Å². The zero-order valence-corrected chi connectivity index (χ0v) is 11.7. The molecular weight excluding hydrogens is 261 g/mol. The Kier molecular flexibility index (Phi) is 5.59. The van der Waals surface area contributed by atoms with Crippen molar-refractivity contribution in [2.75, 3.05) is 6.54 Å². The Hall–Kier alpha value is -0.620. The molecule has 0 aliphatic carbocycles. The van der Waals surface area contributed by atoms with Gasteiger partial charge in [0.15, 0.2) is 0 Å². The lowest BCUT2D eigenvalue weighted by molar-refractivity contribution is -0.135. The standard InChI is InChI=1S/C12H19F3N2S/c1-4-16-10(6-5-7-12(13,14)15)11-8(2)17-9(3)18-11/h10,16H,4-7H2,1-3H3. The van der Waals surface area contributed by atoms with Crippen molar-refractivity contribution < 1.29 is 13.2 Å². The van der Waals surface area contributed by atoms with Gasteiger partial charge in [-0.05, 0) is 33.2 Å². The Morgan fingerprint density at radius 3 is 2.44 bits per heavy atom. The Balaban J connectivity index is 2.63. The average Bonchev–Trinajstić information content (AvgIpc) is 2.55. The Bertz CT molecular complexity index is 374. The highest BCUT2D eigenvalue weighted by atomic mass is 32.1. The number of hydrogen-bond acceptors (Lipinski definition) is 3. The maximum absolute atomic E-state index is 12.1. The fraction of sp³-hybridized carbons (Fsp3) is 0.750. The molecule has 18 heavy (non-hydrogen) atoms. The zero-order chi connectivity index (χ0) is 13.8. The smallest absolute Gasteiger partial charge is 0.309 e. The van der Waals surface area contributed by atoms with Crippen LogP contribution in [0.15, 0.2) is 0 Å². The molecule has 0 aliphatic rings. The van der Waals surface area contributed by atoms with Gasteiger partial charge in [-0.2, -0.15) is 13.2 Å². The Morgan fingerprint density at radius 1 is 1.33 bits per heavy atom. The minimum atomic E-state index is -4.06. The molecular formula is C12H19F3N2S. The molecule has 0 radical (unpaired) electrons. The van der Waals surface area contributed by atoms with Crippen molar-refractivity contribution in [2.45, 2.75) is 52.3 Å². The van der Waals surface area contributed by atoms with Gasteiger partial charge in [0.1, 0.15) is 0 Å². The number of halogens is 3. The molecule has 0 aromatic carbocycles. The second-order valence-corrected chi connectivity index (χ2v) is 5.53. The number of aryl methyl sites for hydroxylation is 2. The number of aromatic nitrogens is 1. The minimum absolute atomic E-state index is 0.0106. The van der Waals surface area contributed by atoms with Crippen LogP contribution in [-0.2, 0) is 0 Å². The summed E-state index contributed by atoms with van der Waals surface area (Å²) in [6, 6.07) is -0.0106. The first-order chi connectivity index (χ1) is 8.33. The summed E-state index contributed by atoms with van der Waals surface area (Å²) in [6.07, 6.45) is -4.13. The zero-order valence-electron chi connectivity index (χ0n) is 10.9. The highest BCUT2D eigenvalue weighted by Crippen LogP contribution is 2.30. The lowest BCUT2D eigenvalue weighted by Crippen LogP contribution is -2.21. The fourth-order valence-corrected chi connectivity index (χ4v) is 2.99. The van der Waals surface area contributed by atoms with Crippen molar-refractivity contribution in [1.82, 2.24) is 10.3 Å². The summed E-state index contributed by atoms with van der Waals surface area (Å²) < 4.78 is 36.4. The van der Waals surface area contributed by atoms with Gasteiger partial charge in [0.25, 0.3) is 0 Å². The molecule has 6 heteroatoms. The van der Waals surface area contributed by atoms with Crippen LogP contribution >= 0.6 is 11.3 Å². The Morgan fingerprint density at radius 2 is 2.00 bits per heavy atom. The third-order valence-corrected chi connectivity index (χ3v) is 3.85. The van der Waals surface area contributed by atoms with Crippen molar-refractivity contribution in [3.8, 4) is 0 Å². The van der Waals surface area contributed by atoms with Crippen molar-refractivity contribution in [1.29, 1.82) is 0 Å². The number of alkyl halides is 3. The second-order valence-electron chi connectivity index (χ2n) is 4.30. The van der Waals surface area contributed by atoms with Gasteiger partial charge in [-0.3, -0.25) is 0 Å². The van der Waals surface area contributed by atoms with Crippen molar-refractivity contribution in [3.05, 3.63) is 15.6 Å². The van der Waals surface area contributed by atoms with E-state index in [1.54, 1.807) is 11.3 Å². The molecule has 104 valence electrons. The maximum atomic E-state index is 12.1. The normalized spacial score (nSPS) is 13.9. The van der Waals surface area contributed by atoms with Gasteiger partial charge < -0.3 is 5.32 Å². The number of rotatable bonds is 6. The first kappa shape index (κ1) is 15.4. The summed E-state index contributed by atoms with van der Waals surface area (Å²) in [5.74, 6) is 0. The quantitative estimate of drug-likeness (QED) is 0.847. The molecule has 1 atom stereocenters. The van der Waals surface area contributed by atoms with E-state index in [9.17, 15) is 13.2 Å². The molecule has 0 bridgehead atoms. The van der Waals surface area contributed by atoms with Crippen molar-refractivity contribution in [2.24, 2.45) is 0 Å². The summed E-state index contributed by atoms with van der Waals surface area (Å²) in [5, 5.41) is 4.20. The van der Waals surface area contributed by atoms with Crippen LogP contribution in [0.2, 0.25) is 0 Å². The number of hydrogen-bond donors (Lipinski definition) is 1. The van der Waals surface area contributed by atoms with E-state index < -0.39 is 12.6 Å². The van der Waals surface area contributed by atoms with Gasteiger partial charge in [0.2, 0.25) is 0 Å². The molecule has 1 heterocycles. The van der Waals surface area contributed by atoms with Crippen molar-refractivity contribution >= 4 is 11.3 Å². The van der Waals surface area contributed by atoms with E-state index in [-0.39, 0.29) is 12.5 Å². The molecule has 1 aromatic rings. The van der Waals surface area contributed by atoms with E-state index in [0.717, 1.165) is 22.1 Å². The molecule has 0 amide bonds. The molecule has 1 unspecified atom stereocenters. The van der Waals surface area contributed by atoms with Gasteiger partial charge in [-0.25, -0.2) is 4.98 Å². The largest absolute Gasteiger partial charge is 0.389 e. The average molecular weight is 280 g/mol. The van der Waals surface area contributed by atoms with E-state index >= 15 is 0 Å². The van der Waals surface area contributed by atoms with E-state index in [1.165, 1.54) is 0 Å². The first-order valence-electron chi connectivity index (χ1n) is 6.07. The van der Waals surface area contributed by atoms with E-state index in [0.29, 0.717) is 6.42 Å². The highest BCUT2D eigenvalue weighted by molar-refractivity contribution is 7.11. The van der Waals surface area contributed by atoms with Crippen LogP contribution in [0, 0.1) is 13.8 Å². The molecule has 1 rings (SSSR count). The van der Waals surface area contributed by atoms with Crippen LogP contribution in [0.4, 0.5) is 13.2 Å². The SMILES string of the molecule is CCNC(CCCC(F)(F)F)c1sc(C)nc1C. The van der Waals surface area contributed by atoms with Crippen LogP contribution < -0.4 is 5.32 Å². The van der Waals surface area contributed by atoms with Gasteiger partial charge in [0, 0.05) is 17.3 Å². The van der Waals surface area contributed by atoms with Gasteiger partial charge in [0.05, 0.1) is 10.7 Å². The van der Waals surface area contributed by atoms with E-state index in [4.69, 9.17) is 0 Å². The Labute approximate surface area is 110 Å². The third-order valence-electron chi connectivity index (χ3n) is 2.66. The maximum Gasteiger partial charge on any atom is 0.389 e. The third kappa shape index (κ3) is 4.94. The lowest BCUT2D eigenvalue weighted by Gasteiger charge is -2.17. The van der Waals surface area contributed by atoms with Crippen LogP contribution in [0.5, 0.6) is 0 Å². The van der Waals surface area contributed by atoms with E-state index in [2.05, 4.69) is 10.3 Å². The summed E-state index contributed by atoms with van der Waals surface area (Å²) in [6.45, 7) is 6.53. The predicted molar refractivity (Wildman–Crippen MR) is 67.9 cm³/mol. The summed E-state index contributed by atoms with van der Waals surface area (Å²) in [7, 11) is 0. The minimum Gasteiger partial charge on any atom is -0.309 e. The molecule has 0 aliphatic heterocycles. The molecule has 0 saturated carbocycles. The molecule has 0 saturated heterocycles. The van der Waals surface area contributed by atoms with Gasteiger partial charge in [-0.1, -0.05) is 6.92 Å². The lowest BCUT2D eigenvalue weighted by atomic mass is 10.1. The van der Waals surface area contributed by atoms with Crippen LogP contribution in [-0.4, -0.2) is 17.7 Å².